The van der Waals surface area contributed by atoms with Gasteiger partial charge in [0.15, 0.2) is 5.78 Å². The fourth-order valence-corrected chi connectivity index (χ4v) is 5.10. The molecule has 10 heteroatoms. The van der Waals surface area contributed by atoms with Gasteiger partial charge in [-0.15, -0.1) is 0 Å². The molecule has 3 N–H and O–H groups in total. The molecule has 0 spiro atoms. The number of hydrogen-bond acceptors (Lipinski definition) is 5. The number of benzene rings is 2. The first-order chi connectivity index (χ1) is 17.1. The van der Waals surface area contributed by atoms with Gasteiger partial charge in [-0.25, -0.2) is 4.39 Å². The molecule has 1 aliphatic carbocycles. The number of carbonyl (C=O) groups is 3. The van der Waals surface area contributed by atoms with E-state index < -0.39 is 28.6 Å². The van der Waals surface area contributed by atoms with Gasteiger partial charge in [0, 0.05) is 30.2 Å². The van der Waals surface area contributed by atoms with Crippen LogP contribution >= 0.6 is 11.6 Å². The first-order valence-electron chi connectivity index (χ1n) is 11.2. The van der Waals surface area contributed by atoms with Crippen molar-refractivity contribution < 1.29 is 28.6 Å². The summed E-state index contributed by atoms with van der Waals surface area (Å²) in [5.74, 6) is -2.18. The van der Waals surface area contributed by atoms with E-state index in [0.29, 0.717) is 22.6 Å². The lowest BCUT2D eigenvalue weighted by Crippen LogP contribution is -2.66. The lowest BCUT2D eigenvalue weighted by atomic mass is 9.55. The van der Waals surface area contributed by atoms with Crippen molar-refractivity contribution in [3.8, 4) is 11.1 Å². The molecule has 1 fully saturated rings. The average molecular weight is 514 g/mol. The highest BCUT2D eigenvalue weighted by Gasteiger charge is 2.60. The van der Waals surface area contributed by atoms with Crippen LogP contribution < -0.4 is 5.32 Å². The number of Topliss-reactive ketones (excluding diaryl/α,β-unsaturated/α-hetero) is 1. The van der Waals surface area contributed by atoms with Crippen LogP contribution in [0, 0.1) is 11.2 Å². The molecule has 8 nitrogen and oxygen atoms in total. The second-order valence-electron chi connectivity index (χ2n) is 9.33. The topological polar surface area (TPSA) is 121 Å². The Kier molecular flexibility index (Phi) is 6.97. The quantitative estimate of drug-likeness (QED) is 0.367. The van der Waals surface area contributed by atoms with E-state index in [9.17, 15) is 23.9 Å². The van der Waals surface area contributed by atoms with E-state index in [4.69, 9.17) is 16.3 Å². The molecule has 1 amide bonds. The van der Waals surface area contributed by atoms with Crippen molar-refractivity contribution >= 4 is 29.3 Å². The number of methoxy groups -OCH3 is 1. The lowest BCUT2D eigenvalue weighted by Gasteiger charge is -2.54. The summed E-state index contributed by atoms with van der Waals surface area (Å²) >= 11 is 6.02. The molecule has 1 heterocycles. The molecule has 0 saturated heterocycles. The number of aromatic nitrogens is 2. The zero-order valence-electron chi connectivity index (χ0n) is 19.7. The Labute approximate surface area is 211 Å². The second-order valence-corrected chi connectivity index (χ2v) is 9.76. The monoisotopic (exact) mass is 513 g/mol. The van der Waals surface area contributed by atoms with E-state index in [-0.39, 0.29) is 36.6 Å². The third kappa shape index (κ3) is 5.03. The smallest absolute Gasteiger partial charge is 0.312 e. The van der Waals surface area contributed by atoms with Crippen molar-refractivity contribution in [3.05, 3.63) is 76.3 Å². The molecule has 3 aromatic rings. The van der Waals surface area contributed by atoms with Crippen LogP contribution in [-0.4, -0.2) is 52.2 Å². The molecule has 36 heavy (non-hydrogen) atoms. The Bertz CT molecular complexity index is 1320. The zero-order valence-corrected chi connectivity index (χ0v) is 20.5. The summed E-state index contributed by atoms with van der Waals surface area (Å²) in [4.78, 5) is 36.6. The van der Waals surface area contributed by atoms with E-state index in [2.05, 4.69) is 15.5 Å². The fourth-order valence-electron chi connectivity index (χ4n) is 4.93. The number of aromatic amines is 1. The predicted octanol–water partition coefficient (Wildman–Crippen LogP) is 4.29. The molecular formula is C26H25ClFN3O5. The molecule has 1 aliphatic rings. The second kappa shape index (κ2) is 9.83. The molecule has 0 radical (unpaired) electrons. The number of amides is 1. The number of halogens is 2. The average Bonchev–Trinajstić information content (AvgIpc) is 3.31. The normalized spacial score (nSPS) is 21.0. The Morgan fingerprint density at radius 2 is 1.86 bits per heavy atom. The van der Waals surface area contributed by atoms with Crippen LogP contribution in [0.1, 0.15) is 46.3 Å². The van der Waals surface area contributed by atoms with Gasteiger partial charge in [-0.3, -0.25) is 19.5 Å². The van der Waals surface area contributed by atoms with Crippen LogP contribution in [-0.2, 0) is 16.0 Å². The third-order valence-electron chi connectivity index (χ3n) is 6.53. The number of aliphatic carboxylic acids is 1. The van der Waals surface area contributed by atoms with Crippen molar-refractivity contribution in [2.24, 2.45) is 5.41 Å². The maximum absolute atomic E-state index is 14.3. The predicted molar refractivity (Wildman–Crippen MR) is 131 cm³/mol. The number of carboxylic acid groups (broad SMARTS) is 1. The molecule has 0 aliphatic heterocycles. The van der Waals surface area contributed by atoms with Crippen molar-refractivity contribution in [1.82, 2.24) is 15.5 Å². The molecule has 1 saturated carbocycles. The standard InChI is InChI=1S/C26H25ClFN3O5/c1-15(32)21-10-22(31-30-21)23(33)29-26(12-25(13-26,14-36-2)24(34)35)11-16-3-5-17(6-4-16)19-9-18(27)7-8-20(19)28/h3-10H,11-14H2,1-2H3,(H,29,33)(H,30,31)(H,34,35)/t25-,26-. The number of nitrogens with one attached hydrogen (secondary N) is 2. The Morgan fingerprint density at radius 3 is 2.44 bits per heavy atom. The third-order valence-corrected chi connectivity index (χ3v) is 6.76. The van der Waals surface area contributed by atoms with Gasteiger partial charge in [-0.1, -0.05) is 35.9 Å². The minimum atomic E-state index is -1.13. The maximum atomic E-state index is 14.3. The van der Waals surface area contributed by atoms with Crippen LogP contribution in [0.3, 0.4) is 0 Å². The zero-order chi connectivity index (χ0) is 26.1. The number of ketones is 1. The van der Waals surface area contributed by atoms with E-state index >= 15 is 0 Å². The molecule has 188 valence electrons. The first-order valence-corrected chi connectivity index (χ1v) is 11.6. The molecule has 0 unspecified atom stereocenters. The summed E-state index contributed by atoms with van der Waals surface area (Å²) in [7, 11) is 1.44. The summed E-state index contributed by atoms with van der Waals surface area (Å²) < 4.78 is 19.4. The summed E-state index contributed by atoms with van der Waals surface area (Å²) in [6.45, 7) is 1.35. The summed E-state index contributed by atoms with van der Waals surface area (Å²) in [6, 6.07) is 12.8. The number of rotatable bonds is 9. The molecule has 4 rings (SSSR count). The number of nitrogens with zero attached hydrogens (tertiary/aromatic N) is 1. The van der Waals surface area contributed by atoms with Crippen molar-refractivity contribution in [2.45, 2.75) is 31.7 Å². The number of ether oxygens (including phenoxy) is 1. The van der Waals surface area contributed by atoms with Gasteiger partial charge in [0.1, 0.15) is 17.2 Å². The summed E-state index contributed by atoms with van der Waals surface area (Å²) in [6.07, 6.45) is 0.629. The van der Waals surface area contributed by atoms with Gasteiger partial charge in [-0.2, -0.15) is 5.10 Å². The fraction of sp³-hybridized carbons (Fsp3) is 0.308. The van der Waals surface area contributed by atoms with E-state index in [1.165, 1.54) is 32.2 Å². The minimum absolute atomic E-state index is 0.00543. The molecule has 2 aromatic carbocycles. The number of carboxylic acids is 1. The number of carbonyl (C=O) groups excluding carboxylic acids is 2. The lowest BCUT2D eigenvalue weighted by molar-refractivity contribution is -0.167. The Morgan fingerprint density at radius 1 is 1.17 bits per heavy atom. The van der Waals surface area contributed by atoms with Crippen LogP contribution in [0.25, 0.3) is 11.1 Å². The van der Waals surface area contributed by atoms with Gasteiger partial charge in [0.25, 0.3) is 5.91 Å². The van der Waals surface area contributed by atoms with E-state index in [1.54, 1.807) is 18.2 Å². The molecule has 0 bridgehead atoms. The minimum Gasteiger partial charge on any atom is -0.481 e. The van der Waals surface area contributed by atoms with Crippen molar-refractivity contribution in [3.63, 3.8) is 0 Å². The van der Waals surface area contributed by atoms with E-state index in [0.717, 1.165) is 5.56 Å². The Balaban J connectivity index is 1.59. The first kappa shape index (κ1) is 25.5. The molecular weight excluding hydrogens is 489 g/mol. The highest BCUT2D eigenvalue weighted by molar-refractivity contribution is 6.30. The van der Waals surface area contributed by atoms with Crippen LogP contribution in [0.4, 0.5) is 4.39 Å². The SMILES string of the molecule is COC[C@]1(C(=O)O)C[C@](Cc2ccc(-c3cc(Cl)ccc3F)cc2)(NC(=O)c2cc(C(C)=O)n[nH]2)C1. The van der Waals surface area contributed by atoms with Gasteiger partial charge in [0.05, 0.1) is 12.0 Å². The van der Waals surface area contributed by atoms with Crippen LogP contribution in [0.15, 0.2) is 48.5 Å². The van der Waals surface area contributed by atoms with Gasteiger partial charge in [-0.05, 0) is 54.7 Å². The van der Waals surface area contributed by atoms with Gasteiger partial charge >= 0.3 is 5.97 Å². The highest BCUT2D eigenvalue weighted by Crippen LogP contribution is 2.50. The van der Waals surface area contributed by atoms with Crippen LogP contribution in [0.5, 0.6) is 0 Å². The van der Waals surface area contributed by atoms with Gasteiger partial charge in [0.2, 0.25) is 0 Å². The highest BCUT2D eigenvalue weighted by atomic mass is 35.5. The number of hydrogen-bond donors (Lipinski definition) is 3. The van der Waals surface area contributed by atoms with E-state index in [1.807, 2.05) is 12.1 Å². The molecule has 0 atom stereocenters. The van der Waals surface area contributed by atoms with Crippen molar-refractivity contribution in [2.75, 3.05) is 13.7 Å². The largest absolute Gasteiger partial charge is 0.481 e. The maximum Gasteiger partial charge on any atom is 0.312 e. The summed E-state index contributed by atoms with van der Waals surface area (Å²) in [5.41, 5.74) is 0.0526. The Hall–Kier alpha value is -3.56. The molecule has 1 aromatic heterocycles. The number of H-pyrrole nitrogens is 1. The summed E-state index contributed by atoms with van der Waals surface area (Å²) in [5, 5.41) is 19.6. The van der Waals surface area contributed by atoms with Gasteiger partial charge < -0.3 is 15.2 Å². The van der Waals surface area contributed by atoms with Crippen LogP contribution in [0.2, 0.25) is 5.02 Å². The van der Waals surface area contributed by atoms with Crippen molar-refractivity contribution in [1.29, 1.82) is 0 Å².